The number of carbonyl (C=O) groups excluding carboxylic acids is 1. The van der Waals surface area contributed by atoms with E-state index in [4.69, 9.17) is 9.47 Å². The second-order valence-electron chi connectivity index (χ2n) is 5.19. The van der Waals surface area contributed by atoms with E-state index < -0.39 is 0 Å². The van der Waals surface area contributed by atoms with Crippen molar-refractivity contribution in [3.8, 4) is 5.75 Å². The molecule has 2 aromatic rings. The van der Waals surface area contributed by atoms with Gasteiger partial charge in [-0.1, -0.05) is 12.1 Å². The summed E-state index contributed by atoms with van der Waals surface area (Å²) in [6.45, 7) is 4.15. The minimum atomic E-state index is -0.213. The second-order valence-corrected chi connectivity index (χ2v) is 6.05. The first-order valence-corrected chi connectivity index (χ1v) is 8.33. The molecule has 1 fully saturated rings. The van der Waals surface area contributed by atoms with Crippen molar-refractivity contribution in [1.29, 1.82) is 0 Å². The highest BCUT2D eigenvalue weighted by Gasteiger charge is 2.15. The Balaban J connectivity index is 1.63. The first kappa shape index (κ1) is 15.9. The first-order chi connectivity index (χ1) is 11.3. The number of nitrogens with one attached hydrogen (secondary N) is 1. The molecular weight excluding hydrogens is 314 g/mol. The molecule has 0 spiro atoms. The largest absolute Gasteiger partial charge is 0.496 e. The van der Waals surface area contributed by atoms with Crippen molar-refractivity contribution in [2.75, 3.05) is 38.7 Å². The van der Waals surface area contributed by atoms with Crippen LogP contribution in [0.1, 0.15) is 16.1 Å². The number of morpholine rings is 1. The van der Waals surface area contributed by atoms with Gasteiger partial charge in [0, 0.05) is 25.0 Å². The average molecular weight is 333 g/mol. The lowest BCUT2D eigenvalue weighted by Crippen LogP contribution is -2.35. The summed E-state index contributed by atoms with van der Waals surface area (Å²) in [6, 6.07) is 7.14. The molecule has 122 valence electrons. The number of rotatable bonds is 5. The maximum atomic E-state index is 12.3. The number of hydrogen-bond donors (Lipinski definition) is 1. The van der Waals surface area contributed by atoms with Crippen molar-refractivity contribution in [3.63, 3.8) is 0 Å². The summed E-state index contributed by atoms with van der Waals surface area (Å²) in [5.41, 5.74) is 1.46. The lowest BCUT2D eigenvalue weighted by molar-refractivity contribution is 0.0337. The highest BCUT2D eigenvalue weighted by atomic mass is 32.1. The molecule has 1 aliphatic heterocycles. The molecule has 1 aliphatic rings. The van der Waals surface area contributed by atoms with Gasteiger partial charge < -0.3 is 9.47 Å². The maximum Gasteiger partial charge on any atom is 0.261 e. The number of thiazole rings is 1. The second kappa shape index (κ2) is 7.54. The Labute approximate surface area is 139 Å². The zero-order valence-electron chi connectivity index (χ0n) is 12.9. The van der Waals surface area contributed by atoms with E-state index >= 15 is 0 Å². The molecule has 0 saturated carbocycles. The topological polar surface area (TPSA) is 63.7 Å². The normalized spacial score (nSPS) is 15.3. The lowest BCUT2D eigenvalue weighted by atomic mass is 10.2. The smallest absolute Gasteiger partial charge is 0.261 e. The van der Waals surface area contributed by atoms with Crippen LogP contribution in [0.25, 0.3) is 0 Å². The first-order valence-electron chi connectivity index (χ1n) is 7.45. The number of anilines is 1. The number of nitrogens with zero attached hydrogens (tertiary/aromatic N) is 2. The fourth-order valence-electron chi connectivity index (χ4n) is 2.42. The van der Waals surface area contributed by atoms with Crippen LogP contribution in [-0.4, -0.2) is 49.2 Å². The summed E-state index contributed by atoms with van der Waals surface area (Å²) >= 11 is 1.43. The standard InChI is InChI=1S/C16H19N3O3S/c1-21-14-5-3-2-4-13(14)15(20)18-16-17-12(11-23-16)10-19-6-8-22-9-7-19/h2-5,11H,6-10H2,1H3,(H,17,18,20). The van der Waals surface area contributed by atoms with Crippen molar-refractivity contribution < 1.29 is 14.3 Å². The molecular formula is C16H19N3O3S. The molecule has 1 aromatic heterocycles. The van der Waals surface area contributed by atoms with E-state index in [1.54, 1.807) is 19.2 Å². The zero-order valence-corrected chi connectivity index (χ0v) is 13.8. The summed E-state index contributed by atoms with van der Waals surface area (Å²) in [4.78, 5) is 19.1. The van der Waals surface area contributed by atoms with Crippen molar-refractivity contribution in [1.82, 2.24) is 9.88 Å². The number of hydrogen-bond acceptors (Lipinski definition) is 6. The van der Waals surface area contributed by atoms with Crippen LogP contribution in [0, 0.1) is 0 Å². The van der Waals surface area contributed by atoms with Crippen molar-refractivity contribution >= 4 is 22.4 Å². The monoisotopic (exact) mass is 333 g/mol. The summed E-state index contributed by atoms with van der Waals surface area (Å²) in [7, 11) is 1.55. The van der Waals surface area contributed by atoms with Crippen LogP contribution in [0.3, 0.4) is 0 Å². The number of benzene rings is 1. The van der Waals surface area contributed by atoms with Crippen LogP contribution in [0.2, 0.25) is 0 Å². The average Bonchev–Trinajstić information content (AvgIpc) is 3.02. The van der Waals surface area contributed by atoms with Gasteiger partial charge in [-0.05, 0) is 12.1 Å². The SMILES string of the molecule is COc1ccccc1C(=O)Nc1nc(CN2CCOCC2)cs1. The van der Waals surface area contributed by atoms with Gasteiger partial charge >= 0.3 is 0 Å². The third-order valence-corrected chi connectivity index (χ3v) is 4.42. The lowest BCUT2D eigenvalue weighted by Gasteiger charge is -2.25. The Bertz CT molecular complexity index is 668. The summed E-state index contributed by atoms with van der Waals surface area (Å²) in [5.74, 6) is 0.338. The van der Waals surface area contributed by atoms with Crippen LogP contribution in [0.5, 0.6) is 5.75 Å². The molecule has 1 saturated heterocycles. The molecule has 7 heteroatoms. The highest BCUT2D eigenvalue weighted by molar-refractivity contribution is 7.14. The van der Waals surface area contributed by atoms with Crippen molar-refractivity contribution in [2.24, 2.45) is 0 Å². The molecule has 23 heavy (non-hydrogen) atoms. The Morgan fingerprint density at radius 2 is 2.17 bits per heavy atom. The molecule has 6 nitrogen and oxygen atoms in total. The third kappa shape index (κ3) is 4.07. The van der Waals surface area contributed by atoms with Gasteiger partial charge in [-0.2, -0.15) is 0 Å². The minimum absolute atomic E-state index is 0.213. The van der Waals surface area contributed by atoms with Gasteiger partial charge in [0.2, 0.25) is 0 Å². The molecule has 1 amide bonds. The van der Waals surface area contributed by atoms with Crippen molar-refractivity contribution in [3.05, 3.63) is 40.9 Å². The van der Waals surface area contributed by atoms with Gasteiger partial charge in [0.15, 0.2) is 5.13 Å². The molecule has 2 heterocycles. The third-order valence-electron chi connectivity index (χ3n) is 3.61. The molecule has 0 radical (unpaired) electrons. The highest BCUT2D eigenvalue weighted by Crippen LogP contribution is 2.21. The predicted octanol–water partition coefficient (Wildman–Crippen LogP) is 2.24. The maximum absolute atomic E-state index is 12.3. The minimum Gasteiger partial charge on any atom is -0.496 e. The van der Waals surface area contributed by atoms with E-state index in [0.717, 1.165) is 38.5 Å². The van der Waals surface area contributed by atoms with Gasteiger partial charge in [0.05, 0.1) is 31.6 Å². The van der Waals surface area contributed by atoms with Crippen molar-refractivity contribution in [2.45, 2.75) is 6.54 Å². The van der Waals surface area contributed by atoms with Crippen LogP contribution in [0.4, 0.5) is 5.13 Å². The quantitative estimate of drug-likeness (QED) is 0.909. The van der Waals surface area contributed by atoms with Crippen LogP contribution >= 0.6 is 11.3 Å². The van der Waals surface area contributed by atoms with Gasteiger partial charge in [-0.3, -0.25) is 15.0 Å². The Morgan fingerprint density at radius 1 is 1.39 bits per heavy atom. The number of ether oxygens (including phenoxy) is 2. The fourth-order valence-corrected chi connectivity index (χ4v) is 3.12. The summed E-state index contributed by atoms with van der Waals surface area (Å²) < 4.78 is 10.6. The Kier molecular flexibility index (Phi) is 5.22. The summed E-state index contributed by atoms with van der Waals surface area (Å²) in [5, 5.41) is 5.42. The molecule has 0 bridgehead atoms. The van der Waals surface area contributed by atoms with Crippen LogP contribution in [-0.2, 0) is 11.3 Å². The molecule has 3 rings (SSSR count). The molecule has 1 aromatic carbocycles. The van der Waals surface area contributed by atoms with E-state index in [0.29, 0.717) is 16.4 Å². The van der Waals surface area contributed by atoms with E-state index in [-0.39, 0.29) is 5.91 Å². The molecule has 0 unspecified atom stereocenters. The molecule has 0 aliphatic carbocycles. The van der Waals surface area contributed by atoms with E-state index in [2.05, 4.69) is 15.2 Å². The van der Waals surface area contributed by atoms with Crippen LogP contribution < -0.4 is 10.1 Å². The number of para-hydroxylation sites is 1. The number of methoxy groups -OCH3 is 1. The van der Waals surface area contributed by atoms with Gasteiger partial charge in [-0.15, -0.1) is 11.3 Å². The van der Waals surface area contributed by atoms with Gasteiger partial charge in [-0.25, -0.2) is 4.98 Å². The number of aromatic nitrogens is 1. The fraction of sp³-hybridized carbons (Fsp3) is 0.375. The number of amides is 1. The van der Waals surface area contributed by atoms with E-state index in [9.17, 15) is 4.79 Å². The summed E-state index contributed by atoms with van der Waals surface area (Å²) in [6.07, 6.45) is 0. The zero-order chi connectivity index (χ0) is 16.1. The van der Waals surface area contributed by atoms with Gasteiger partial charge in [0.25, 0.3) is 5.91 Å². The van der Waals surface area contributed by atoms with E-state index in [1.165, 1.54) is 11.3 Å². The Morgan fingerprint density at radius 3 is 2.96 bits per heavy atom. The molecule has 1 N–H and O–H groups in total. The van der Waals surface area contributed by atoms with Crippen LogP contribution in [0.15, 0.2) is 29.6 Å². The predicted molar refractivity (Wildman–Crippen MR) is 89.2 cm³/mol. The number of carbonyl (C=O) groups is 1. The molecule has 0 atom stereocenters. The van der Waals surface area contributed by atoms with Gasteiger partial charge in [0.1, 0.15) is 5.75 Å². The van der Waals surface area contributed by atoms with E-state index in [1.807, 2.05) is 17.5 Å². The Hall–Kier alpha value is -1.96.